The Kier molecular flexibility index (Phi) is 6.98. The van der Waals surface area contributed by atoms with Crippen LogP contribution in [-0.4, -0.2) is 18.4 Å². The number of anilines is 1. The molecule has 2 amide bonds. The summed E-state index contributed by atoms with van der Waals surface area (Å²) < 4.78 is 38.5. The number of hydrogen-bond donors (Lipinski definition) is 3. The van der Waals surface area contributed by atoms with Gasteiger partial charge in [0.25, 0.3) is 0 Å². The third-order valence-corrected chi connectivity index (χ3v) is 3.39. The van der Waals surface area contributed by atoms with E-state index in [-0.39, 0.29) is 30.1 Å². The van der Waals surface area contributed by atoms with Crippen LogP contribution in [0.15, 0.2) is 18.2 Å². The maximum Gasteiger partial charge on any atom is 0.416 e. The van der Waals surface area contributed by atoms with Gasteiger partial charge in [-0.25, -0.2) is 0 Å². The van der Waals surface area contributed by atoms with Crippen molar-refractivity contribution in [2.75, 3.05) is 11.9 Å². The van der Waals surface area contributed by atoms with E-state index in [9.17, 15) is 22.8 Å². The highest BCUT2D eigenvalue weighted by molar-refractivity contribution is 5.91. The van der Waals surface area contributed by atoms with Gasteiger partial charge in [-0.3, -0.25) is 9.59 Å². The first-order valence-corrected chi connectivity index (χ1v) is 7.93. The third-order valence-electron chi connectivity index (χ3n) is 3.39. The van der Waals surface area contributed by atoms with Crippen LogP contribution in [0.4, 0.5) is 18.9 Å². The highest BCUT2D eigenvalue weighted by Gasteiger charge is 2.31. The molecule has 25 heavy (non-hydrogen) atoms. The molecular weight excluding hydrogens is 335 g/mol. The Hall–Kier alpha value is -2.09. The molecule has 0 radical (unpaired) electrons. The van der Waals surface area contributed by atoms with Gasteiger partial charge in [0.15, 0.2) is 0 Å². The molecule has 0 unspecified atom stereocenters. The number of nitrogens with two attached hydrogens (primary N) is 1. The first-order valence-electron chi connectivity index (χ1n) is 7.93. The maximum atomic E-state index is 12.8. The molecule has 0 saturated carbocycles. The van der Waals surface area contributed by atoms with Crippen LogP contribution in [0.25, 0.3) is 0 Å². The van der Waals surface area contributed by atoms with Crippen molar-refractivity contribution in [3.8, 4) is 0 Å². The van der Waals surface area contributed by atoms with Crippen molar-refractivity contribution in [3.63, 3.8) is 0 Å². The van der Waals surface area contributed by atoms with Crippen LogP contribution in [-0.2, 0) is 22.3 Å². The van der Waals surface area contributed by atoms with E-state index in [2.05, 4.69) is 10.6 Å². The highest BCUT2D eigenvalue weighted by Crippen LogP contribution is 2.32. The predicted molar refractivity (Wildman–Crippen MR) is 89.7 cm³/mol. The van der Waals surface area contributed by atoms with Gasteiger partial charge in [0.2, 0.25) is 11.8 Å². The minimum absolute atomic E-state index is 0.0546. The first-order chi connectivity index (χ1) is 11.4. The van der Waals surface area contributed by atoms with Gasteiger partial charge in [0.05, 0.1) is 5.56 Å². The van der Waals surface area contributed by atoms with Crippen molar-refractivity contribution >= 4 is 17.5 Å². The fourth-order valence-electron chi connectivity index (χ4n) is 1.99. The fraction of sp³-hybridized carbons (Fsp3) is 0.529. The Morgan fingerprint density at radius 2 is 1.76 bits per heavy atom. The van der Waals surface area contributed by atoms with Crippen molar-refractivity contribution in [1.82, 2.24) is 5.32 Å². The zero-order chi connectivity index (χ0) is 19.3. The van der Waals surface area contributed by atoms with Gasteiger partial charge in [-0.2, -0.15) is 13.2 Å². The zero-order valence-corrected chi connectivity index (χ0v) is 14.6. The SMILES string of the molecule is CC(C)(C)C(=O)NCCCC(=O)Nc1cc(CN)cc(C(F)(F)F)c1. The zero-order valence-electron chi connectivity index (χ0n) is 14.6. The van der Waals surface area contributed by atoms with Crippen molar-refractivity contribution < 1.29 is 22.8 Å². The van der Waals surface area contributed by atoms with Crippen LogP contribution in [0, 0.1) is 5.41 Å². The Labute approximate surface area is 145 Å². The van der Waals surface area contributed by atoms with Gasteiger partial charge in [-0.15, -0.1) is 0 Å². The van der Waals surface area contributed by atoms with Crippen LogP contribution in [0.3, 0.4) is 0 Å². The Morgan fingerprint density at radius 3 is 2.28 bits per heavy atom. The molecule has 0 saturated heterocycles. The number of halogens is 3. The Morgan fingerprint density at radius 1 is 1.12 bits per heavy atom. The van der Waals surface area contributed by atoms with E-state index in [0.29, 0.717) is 13.0 Å². The molecule has 0 aliphatic rings. The fourth-order valence-corrected chi connectivity index (χ4v) is 1.99. The largest absolute Gasteiger partial charge is 0.416 e. The van der Waals surface area contributed by atoms with Crippen molar-refractivity contribution in [1.29, 1.82) is 0 Å². The van der Waals surface area contributed by atoms with Crippen LogP contribution in [0.2, 0.25) is 0 Å². The number of carbonyl (C=O) groups excluding carboxylic acids is 2. The number of alkyl halides is 3. The molecule has 8 heteroatoms. The minimum atomic E-state index is -4.51. The van der Waals surface area contributed by atoms with E-state index in [0.717, 1.165) is 12.1 Å². The summed E-state index contributed by atoms with van der Waals surface area (Å²) in [5.41, 5.74) is 4.36. The smallest absolute Gasteiger partial charge is 0.356 e. The monoisotopic (exact) mass is 359 g/mol. The second-order valence-corrected chi connectivity index (χ2v) is 6.78. The molecule has 0 spiro atoms. The number of nitrogens with one attached hydrogen (secondary N) is 2. The highest BCUT2D eigenvalue weighted by atomic mass is 19.4. The molecule has 1 aromatic carbocycles. The maximum absolute atomic E-state index is 12.8. The van der Waals surface area contributed by atoms with Crippen LogP contribution in [0.1, 0.15) is 44.7 Å². The molecule has 0 aliphatic carbocycles. The van der Waals surface area contributed by atoms with Crippen LogP contribution in [0.5, 0.6) is 0 Å². The summed E-state index contributed by atoms with van der Waals surface area (Å²) in [4.78, 5) is 23.6. The standard InChI is InChI=1S/C17H24F3N3O2/c1-16(2,3)15(25)22-6-4-5-14(24)23-13-8-11(10-21)7-12(9-13)17(18,19)20/h7-9H,4-6,10,21H2,1-3H3,(H,22,25)(H,23,24). The quantitative estimate of drug-likeness (QED) is 0.683. The van der Waals surface area contributed by atoms with Gasteiger partial charge in [-0.1, -0.05) is 20.8 Å². The lowest BCUT2D eigenvalue weighted by Crippen LogP contribution is -2.35. The van der Waals surface area contributed by atoms with Gasteiger partial charge < -0.3 is 16.4 Å². The van der Waals surface area contributed by atoms with Crippen molar-refractivity contribution in [3.05, 3.63) is 29.3 Å². The van der Waals surface area contributed by atoms with E-state index >= 15 is 0 Å². The number of hydrogen-bond acceptors (Lipinski definition) is 3. The summed E-state index contributed by atoms with van der Waals surface area (Å²) in [6.45, 7) is 5.58. The molecule has 0 atom stereocenters. The molecule has 0 fully saturated rings. The normalized spacial score (nSPS) is 12.0. The second kappa shape index (κ2) is 8.33. The molecule has 0 heterocycles. The molecular formula is C17H24F3N3O2. The van der Waals surface area contributed by atoms with E-state index in [4.69, 9.17) is 5.73 Å². The van der Waals surface area contributed by atoms with Crippen LogP contribution < -0.4 is 16.4 Å². The van der Waals surface area contributed by atoms with Crippen molar-refractivity contribution in [2.45, 2.75) is 46.3 Å². The molecule has 4 N–H and O–H groups in total. The molecule has 1 rings (SSSR count). The Bertz CT molecular complexity index is 623. The van der Waals surface area contributed by atoms with Gasteiger partial charge >= 0.3 is 6.18 Å². The Balaban J connectivity index is 2.58. The molecule has 0 bridgehead atoms. The number of amides is 2. The third kappa shape index (κ3) is 7.13. The summed E-state index contributed by atoms with van der Waals surface area (Å²) in [6, 6.07) is 3.24. The number of rotatable bonds is 6. The van der Waals surface area contributed by atoms with Gasteiger partial charge in [-0.05, 0) is 30.2 Å². The molecule has 1 aromatic rings. The minimum Gasteiger partial charge on any atom is -0.356 e. The number of carbonyl (C=O) groups is 2. The average molecular weight is 359 g/mol. The average Bonchev–Trinajstić information content (AvgIpc) is 2.49. The number of benzene rings is 1. The van der Waals surface area contributed by atoms with Crippen molar-refractivity contribution in [2.24, 2.45) is 11.1 Å². The lowest BCUT2D eigenvalue weighted by atomic mass is 9.96. The lowest BCUT2D eigenvalue weighted by Gasteiger charge is -2.17. The van der Waals surface area contributed by atoms with E-state index in [1.807, 2.05) is 0 Å². The molecule has 5 nitrogen and oxygen atoms in total. The summed E-state index contributed by atoms with van der Waals surface area (Å²) in [5.74, 6) is -0.550. The second-order valence-electron chi connectivity index (χ2n) is 6.78. The van der Waals surface area contributed by atoms with E-state index < -0.39 is 23.1 Å². The molecule has 140 valence electrons. The molecule has 0 aliphatic heterocycles. The summed E-state index contributed by atoms with van der Waals surface area (Å²) >= 11 is 0. The van der Waals surface area contributed by atoms with Gasteiger partial charge in [0.1, 0.15) is 0 Å². The van der Waals surface area contributed by atoms with E-state index in [1.165, 1.54) is 6.07 Å². The summed E-state index contributed by atoms with van der Waals surface area (Å²) in [7, 11) is 0. The van der Waals surface area contributed by atoms with E-state index in [1.54, 1.807) is 20.8 Å². The summed E-state index contributed by atoms with van der Waals surface area (Å²) in [5, 5.41) is 5.15. The predicted octanol–water partition coefficient (Wildman–Crippen LogP) is 3.05. The first kappa shape index (κ1) is 21.0. The molecule has 0 aromatic heterocycles. The van der Waals surface area contributed by atoms with Gasteiger partial charge in [0, 0.05) is 30.6 Å². The topological polar surface area (TPSA) is 84.2 Å². The lowest BCUT2D eigenvalue weighted by molar-refractivity contribution is -0.137. The van der Waals surface area contributed by atoms with Crippen LogP contribution >= 0.6 is 0 Å². The summed E-state index contributed by atoms with van der Waals surface area (Å²) in [6.07, 6.45) is -4.04.